The minimum Gasteiger partial charge on any atom is -0.481 e. The SMILES string of the molecule is COc1ccnc(NCCc2ccn[nH]2)n1. The van der Waals surface area contributed by atoms with Crippen LogP contribution in [0.4, 0.5) is 5.95 Å². The maximum absolute atomic E-state index is 5.00. The number of methoxy groups -OCH3 is 1. The van der Waals surface area contributed by atoms with E-state index >= 15 is 0 Å². The van der Waals surface area contributed by atoms with Crippen molar-refractivity contribution in [2.24, 2.45) is 0 Å². The van der Waals surface area contributed by atoms with Gasteiger partial charge in [-0.2, -0.15) is 10.1 Å². The minimum atomic E-state index is 0.555. The molecule has 2 aromatic rings. The van der Waals surface area contributed by atoms with Crippen molar-refractivity contribution in [1.82, 2.24) is 20.2 Å². The van der Waals surface area contributed by atoms with E-state index in [0.717, 1.165) is 18.7 Å². The molecule has 0 saturated heterocycles. The molecule has 0 amide bonds. The molecule has 16 heavy (non-hydrogen) atoms. The van der Waals surface area contributed by atoms with Gasteiger partial charge in [-0.05, 0) is 6.07 Å². The minimum absolute atomic E-state index is 0.555. The van der Waals surface area contributed by atoms with E-state index in [0.29, 0.717) is 11.8 Å². The Kier molecular flexibility index (Phi) is 3.32. The van der Waals surface area contributed by atoms with Crippen LogP contribution in [0, 0.1) is 0 Å². The van der Waals surface area contributed by atoms with Gasteiger partial charge in [0.2, 0.25) is 11.8 Å². The lowest BCUT2D eigenvalue weighted by atomic mass is 10.3. The van der Waals surface area contributed by atoms with E-state index < -0.39 is 0 Å². The van der Waals surface area contributed by atoms with Gasteiger partial charge in [0.25, 0.3) is 0 Å². The third-order valence-electron chi connectivity index (χ3n) is 2.08. The lowest BCUT2D eigenvalue weighted by Gasteiger charge is -2.04. The number of aromatic nitrogens is 4. The van der Waals surface area contributed by atoms with E-state index in [1.165, 1.54) is 0 Å². The summed E-state index contributed by atoms with van der Waals surface area (Å²) in [5.74, 6) is 1.12. The maximum atomic E-state index is 5.00. The van der Waals surface area contributed by atoms with Gasteiger partial charge in [0.15, 0.2) is 0 Å². The molecule has 0 radical (unpaired) electrons. The van der Waals surface area contributed by atoms with E-state index in [9.17, 15) is 0 Å². The van der Waals surface area contributed by atoms with E-state index in [2.05, 4.69) is 25.5 Å². The van der Waals surface area contributed by atoms with Crippen LogP contribution in [0.2, 0.25) is 0 Å². The normalized spacial score (nSPS) is 10.1. The molecule has 2 aromatic heterocycles. The average molecular weight is 219 g/mol. The predicted molar refractivity (Wildman–Crippen MR) is 59.4 cm³/mol. The van der Waals surface area contributed by atoms with Crippen molar-refractivity contribution in [1.29, 1.82) is 0 Å². The summed E-state index contributed by atoms with van der Waals surface area (Å²) in [6.45, 7) is 0.745. The van der Waals surface area contributed by atoms with Crippen molar-refractivity contribution in [3.8, 4) is 5.88 Å². The Morgan fingerprint density at radius 1 is 1.38 bits per heavy atom. The van der Waals surface area contributed by atoms with Gasteiger partial charge in [-0.1, -0.05) is 0 Å². The molecule has 2 heterocycles. The number of anilines is 1. The molecule has 0 aliphatic heterocycles. The van der Waals surface area contributed by atoms with Crippen LogP contribution in [0.25, 0.3) is 0 Å². The molecule has 84 valence electrons. The molecule has 0 aliphatic carbocycles. The first kappa shape index (κ1) is 10.4. The fourth-order valence-corrected chi connectivity index (χ4v) is 1.27. The Morgan fingerprint density at radius 2 is 2.31 bits per heavy atom. The van der Waals surface area contributed by atoms with Gasteiger partial charge < -0.3 is 10.1 Å². The van der Waals surface area contributed by atoms with Crippen LogP contribution < -0.4 is 10.1 Å². The van der Waals surface area contributed by atoms with Crippen molar-refractivity contribution in [2.75, 3.05) is 19.0 Å². The Labute approximate surface area is 93.1 Å². The lowest BCUT2D eigenvalue weighted by molar-refractivity contribution is 0.397. The molecule has 2 N–H and O–H groups in total. The van der Waals surface area contributed by atoms with Crippen molar-refractivity contribution in [3.63, 3.8) is 0 Å². The number of ether oxygens (including phenoxy) is 1. The second kappa shape index (κ2) is 5.11. The molecular weight excluding hydrogens is 206 g/mol. The lowest BCUT2D eigenvalue weighted by Crippen LogP contribution is -2.08. The van der Waals surface area contributed by atoms with Gasteiger partial charge in [0, 0.05) is 37.1 Å². The van der Waals surface area contributed by atoms with Gasteiger partial charge in [0.1, 0.15) is 0 Å². The van der Waals surface area contributed by atoms with Crippen LogP contribution in [0.3, 0.4) is 0 Å². The topological polar surface area (TPSA) is 75.7 Å². The summed E-state index contributed by atoms with van der Waals surface area (Å²) < 4.78 is 5.00. The molecule has 0 aliphatic rings. The second-order valence-electron chi connectivity index (χ2n) is 3.18. The monoisotopic (exact) mass is 219 g/mol. The summed E-state index contributed by atoms with van der Waals surface area (Å²) in [7, 11) is 1.58. The van der Waals surface area contributed by atoms with Gasteiger partial charge >= 0.3 is 0 Å². The number of nitrogens with zero attached hydrogens (tertiary/aromatic N) is 3. The van der Waals surface area contributed by atoms with E-state index in [1.807, 2.05) is 6.07 Å². The number of aromatic amines is 1. The fourth-order valence-electron chi connectivity index (χ4n) is 1.27. The summed E-state index contributed by atoms with van der Waals surface area (Å²) in [4.78, 5) is 8.22. The highest BCUT2D eigenvalue weighted by molar-refractivity contribution is 5.27. The smallest absolute Gasteiger partial charge is 0.225 e. The Hall–Kier alpha value is -2.11. The van der Waals surface area contributed by atoms with Crippen LogP contribution >= 0.6 is 0 Å². The van der Waals surface area contributed by atoms with Crippen LogP contribution in [0.5, 0.6) is 5.88 Å². The highest BCUT2D eigenvalue weighted by Crippen LogP contribution is 2.06. The zero-order valence-electron chi connectivity index (χ0n) is 8.97. The number of nitrogens with one attached hydrogen (secondary N) is 2. The largest absolute Gasteiger partial charge is 0.481 e. The number of hydrogen-bond acceptors (Lipinski definition) is 5. The summed E-state index contributed by atoms with van der Waals surface area (Å²) >= 11 is 0. The molecule has 0 fully saturated rings. The van der Waals surface area contributed by atoms with Gasteiger partial charge in [-0.15, -0.1) is 0 Å². The summed E-state index contributed by atoms with van der Waals surface area (Å²) in [6, 6.07) is 3.65. The van der Waals surface area contributed by atoms with E-state index in [1.54, 1.807) is 25.6 Å². The first-order chi connectivity index (χ1) is 7.88. The number of hydrogen-bond donors (Lipinski definition) is 2. The summed E-state index contributed by atoms with van der Waals surface area (Å²) in [5.41, 5.74) is 1.08. The Bertz CT molecular complexity index is 429. The predicted octanol–water partition coefficient (Wildman–Crippen LogP) is 0.863. The maximum Gasteiger partial charge on any atom is 0.225 e. The molecule has 6 nitrogen and oxygen atoms in total. The third-order valence-corrected chi connectivity index (χ3v) is 2.08. The highest BCUT2D eigenvalue weighted by atomic mass is 16.5. The highest BCUT2D eigenvalue weighted by Gasteiger charge is 1.98. The van der Waals surface area contributed by atoms with E-state index in [-0.39, 0.29) is 0 Å². The Balaban J connectivity index is 1.85. The van der Waals surface area contributed by atoms with Crippen LogP contribution in [0.15, 0.2) is 24.5 Å². The van der Waals surface area contributed by atoms with Crippen LogP contribution in [-0.4, -0.2) is 33.8 Å². The molecule has 0 spiro atoms. The fraction of sp³-hybridized carbons (Fsp3) is 0.300. The average Bonchev–Trinajstić information content (AvgIpc) is 2.82. The van der Waals surface area contributed by atoms with Crippen molar-refractivity contribution < 1.29 is 4.74 Å². The summed E-state index contributed by atoms with van der Waals surface area (Å²) in [6.07, 6.45) is 4.24. The Morgan fingerprint density at radius 3 is 3.06 bits per heavy atom. The van der Waals surface area contributed by atoms with Crippen molar-refractivity contribution >= 4 is 5.95 Å². The molecule has 0 atom stereocenters. The quantitative estimate of drug-likeness (QED) is 0.780. The number of rotatable bonds is 5. The van der Waals surface area contributed by atoms with Crippen molar-refractivity contribution in [3.05, 3.63) is 30.2 Å². The van der Waals surface area contributed by atoms with Crippen LogP contribution in [-0.2, 0) is 6.42 Å². The molecular formula is C10H13N5O. The van der Waals surface area contributed by atoms with Gasteiger partial charge in [-0.3, -0.25) is 5.10 Å². The zero-order chi connectivity index (χ0) is 11.2. The first-order valence-corrected chi connectivity index (χ1v) is 4.97. The van der Waals surface area contributed by atoms with Crippen LogP contribution in [0.1, 0.15) is 5.69 Å². The first-order valence-electron chi connectivity index (χ1n) is 4.97. The molecule has 0 bridgehead atoms. The molecule has 6 heteroatoms. The second-order valence-corrected chi connectivity index (χ2v) is 3.18. The summed E-state index contributed by atoms with van der Waals surface area (Å²) in [5, 5.41) is 9.87. The molecule has 2 rings (SSSR count). The standard InChI is InChI=1S/C10H13N5O/c1-16-9-4-6-12-10(14-9)11-5-2-8-3-7-13-15-8/h3-4,6-7H,2,5H2,1H3,(H,13,15)(H,11,12,14). The van der Waals surface area contributed by atoms with Gasteiger partial charge in [0.05, 0.1) is 7.11 Å². The van der Waals surface area contributed by atoms with Crippen molar-refractivity contribution in [2.45, 2.75) is 6.42 Å². The zero-order valence-corrected chi connectivity index (χ0v) is 8.97. The third kappa shape index (κ3) is 2.69. The molecule has 0 aromatic carbocycles. The molecule has 0 unspecified atom stereocenters. The van der Waals surface area contributed by atoms with Gasteiger partial charge in [-0.25, -0.2) is 4.98 Å². The molecule has 0 saturated carbocycles. The van der Waals surface area contributed by atoms with E-state index in [4.69, 9.17) is 4.74 Å². The number of H-pyrrole nitrogens is 1.